The highest BCUT2D eigenvalue weighted by Gasteiger charge is 2.35. The van der Waals surface area contributed by atoms with Crippen LogP contribution in [-0.4, -0.2) is 106 Å². The van der Waals surface area contributed by atoms with Crippen LogP contribution >= 0.6 is 0 Å². The Hall–Kier alpha value is -3.14. The highest BCUT2D eigenvalue weighted by atomic mass is 16.5. The Morgan fingerprint density at radius 3 is 2.15 bits per heavy atom. The summed E-state index contributed by atoms with van der Waals surface area (Å²) >= 11 is 0. The maximum absolute atomic E-state index is 12.2. The van der Waals surface area contributed by atoms with Crippen molar-refractivity contribution in [1.29, 1.82) is 0 Å². The molecule has 0 fully saturated rings. The van der Waals surface area contributed by atoms with Crippen molar-refractivity contribution in [3.8, 4) is 0 Å². The minimum atomic E-state index is -1.86. The average molecular weight is 492 g/mol. The number of primary amides is 1. The summed E-state index contributed by atoms with van der Waals surface area (Å²) in [5.74, 6) is -4.52. The highest BCUT2D eigenvalue weighted by molar-refractivity contribution is 5.91. The minimum Gasteiger partial charge on any atom is -0.481 e. The summed E-state index contributed by atoms with van der Waals surface area (Å²) < 4.78 is 5.20. The van der Waals surface area contributed by atoms with Gasteiger partial charge in [0.25, 0.3) is 0 Å². The number of carboxylic acid groups (broad SMARTS) is 1. The fraction of sp³-hybridized carbons (Fsp3) is 0.684. The number of carbonyl (C=O) groups is 6. The van der Waals surface area contributed by atoms with E-state index >= 15 is 0 Å². The largest absolute Gasteiger partial charge is 0.481 e. The molecule has 2 unspecified atom stereocenters. The standard InChI is InChI=1S/C19H32N4O11/c1-3-13(27)22-11(6-24)17(16(31)12(26)7-25)34-8-14(28)21-9(2)19(33)23-10(18(20)32)4-5-15(29)30/h6,9-12,16-17,25-26,31H,3-5,7-8H2,1-2H3,(H2,20,32)(H,21,28)(H,22,27)(H,23,33)(H,29,30)/t9?,10?,11-,12+,16+,17+/m0/s1. The Morgan fingerprint density at radius 1 is 1.06 bits per heavy atom. The minimum absolute atomic E-state index is 0.0123. The van der Waals surface area contributed by atoms with Gasteiger partial charge in [-0.1, -0.05) is 6.92 Å². The van der Waals surface area contributed by atoms with Crippen LogP contribution in [0.1, 0.15) is 33.1 Å². The number of aliphatic carboxylic acids is 1. The van der Waals surface area contributed by atoms with Crippen LogP contribution in [0.4, 0.5) is 0 Å². The summed E-state index contributed by atoms with van der Waals surface area (Å²) in [6, 6.07) is -3.98. The molecule has 194 valence electrons. The van der Waals surface area contributed by atoms with Crippen LogP contribution < -0.4 is 21.7 Å². The van der Waals surface area contributed by atoms with Crippen LogP contribution in [0.2, 0.25) is 0 Å². The smallest absolute Gasteiger partial charge is 0.303 e. The molecule has 0 heterocycles. The van der Waals surface area contributed by atoms with E-state index in [0.29, 0.717) is 0 Å². The number of nitrogens with one attached hydrogen (secondary N) is 3. The van der Waals surface area contributed by atoms with E-state index in [9.17, 15) is 39.0 Å². The van der Waals surface area contributed by atoms with Crippen molar-refractivity contribution in [3.05, 3.63) is 0 Å². The molecular formula is C19H32N4O11. The molecule has 0 spiro atoms. The van der Waals surface area contributed by atoms with Gasteiger partial charge in [-0.2, -0.15) is 0 Å². The molecule has 9 N–H and O–H groups in total. The number of ether oxygens (including phenoxy) is 1. The zero-order valence-electron chi connectivity index (χ0n) is 18.8. The average Bonchev–Trinajstić information content (AvgIpc) is 2.79. The Labute approximate surface area is 195 Å². The molecule has 6 atom stereocenters. The van der Waals surface area contributed by atoms with Crippen molar-refractivity contribution in [2.45, 2.75) is 69.5 Å². The second kappa shape index (κ2) is 15.7. The van der Waals surface area contributed by atoms with Crippen LogP contribution in [0.3, 0.4) is 0 Å². The van der Waals surface area contributed by atoms with Gasteiger partial charge in [0, 0.05) is 12.8 Å². The van der Waals surface area contributed by atoms with Crippen molar-refractivity contribution in [2.75, 3.05) is 13.2 Å². The highest BCUT2D eigenvalue weighted by Crippen LogP contribution is 2.10. The van der Waals surface area contributed by atoms with Gasteiger partial charge in [0.2, 0.25) is 23.6 Å². The van der Waals surface area contributed by atoms with Gasteiger partial charge in [0.15, 0.2) is 0 Å². The third-order valence-corrected chi connectivity index (χ3v) is 4.55. The SMILES string of the molecule is CCC(=O)N[C@@H](C=O)[C@@H](OCC(=O)NC(C)C(=O)NC(CCC(=O)O)C(N)=O)[C@H](O)[C@H](O)CO. The van der Waals surface area contributed by atoms with Crippen molar-refractivity contribution < 1.29 is 53.9 Å². The topological polar surface area (TPSA) is 255 Å². The molecule has 0 aliphatic rings. The first kappa shape index (κ1) is 30.9. The van der Waals surface area contributed by atoms with Crippen LogP contribution in [0.5, 0.6) is 0 Å². The molecule has 0 bridgehead atoms. The number of aldehydes is 1. The van der Waals surface area contributed by atoms with E-state index in [0.717, 1.165) is 0 Å². The van der Waals surface area contributed by atoms with Gasteiger partial charge in [-0.3, -0.25) is 24.0 Å². The molecule has 0 radical (unpaired) electrons. The summed E-state index contributed by atoms with van der Waals surface area (Å²) in [4.78, 5) is 69.5. The monoisotopic (exact) mass is 492 g/mol. The summed E-state index contributed by atoms with van der Waals surface area (Å²) in [6.45, 7) is 1.01. The van der Waals surface area contributed by atoms with Crippen LogP contribution in [-0.2, 0) is 33.5 Å². The van der Waals surface area contributed by atoms with Crippen molar-refractivity contribution >= 4 is 35.9 Å². The molecule has 0 aliphatic heterocycles. The molecule has 0 aromatic carbocycles. The Kier molecular flexibility index (Phi) is 14.2. The fourth-order valence-corrected chi connectivity index (χ4v) is 2.59. The molecule has 0 aliphatic carbocycles. The van der Waals surface area contributed by atoms with Gasteiger partial charge in [0.05, 0.1) is 6.61 Å². The predicted molar refractivity (Wildman–Crippen MR) is 113 cm³/mol. The lowest BCUT2D eigenvalue weighted by atomic mass is 10.0. The number of hydrogen-bond acceptors (Lipinski definition) is 10. The lowest BCUT2D eigenvalue weighted by Gasteiger charge is -2.30. The summed E-state index contributed by atoms with van der Waals surface area (Å²) in [6.07, 6.45) is -5.73. The molecule has 0 aromatic heterocycles. The Bertz CT molecular complexity index is 733. The number of rotatable bonds is 17. The van der Waals surface area contributed by atoms with E-state index in [1.165, 1.54) is 13.8 Å². The van der Waals surface area contributed by atoms with E-state index in [2.05, 4.69) is 16.0 Å². The number of carboxylic acids is 1. The lowest BCUT2D eigenvalue weighted by Crippen LogP contribution is -2.56. The Balaban J connectivity index is 5.11. The molecule has 4 amide bonds. The van der Waals surface area contributed by atoms with E-state index in [-0.39, 0.29) is 19.1 Å². The zero-order valence-corrected chi connectivity index (χ0v) is 18.8. The first-order valence-electron chi connectivity index (χ1n) is 10.3. The number of hydrogen-bond donors (Lipinski definition) is 8. The van der Waals surface area contributed by atoms with Gasteiger partial charge in [-0.25, -0.2) is 0 Å². The lowest BCUT2D eigenvalue weighted by molar-refractivity contribution is -0.146. The summed E-state index contributed by atoms with van der Waals surface area (Å²) in [7, 11) is 0. The Morgan fingerprint density at radius 2 is 1.68 bits per heavy atom. The molecule has 0 saturated heterocycles. The first-order chi connectivity index (χ1) is 15.9. The summed E-state index contributed by atoms with van der Waals surface area (Å²) in [5, 5.41) is 44.3. The van der Waals surface area contributed by atoms with E-state index < -0.39 is 85.7 Å². The van der Waals surface area contributed by atoms with Gasteiger partial charge in [0.1, 0.15) is 49.3 Å². The van der Waals surface area contributed by atoms with Gasteiger partial charge < -0.3 is 51.6 Å². The van der Waals surface area contributed by atoms with E-state index in [1.54, 1.807) is 0 Å². The van der Waals surface area contributed by atoms with Gasteiger partial charge >= 0.3 is 5.97 Å². The van der Waals surface area contributed by atoms with E-state index in [4.69, 9.17) is 20.7 Å². The number of aliphatic hydroxyl groups excluding tert-OH is 3. The summed E-state index contributed by atoms with van der Waals surface area (Å²) in [5.41, 5.74) is 5.13. The third-order valence-electron chi connectivity index (χ3n) is 4.55. The second-order valence-corrected chi connectivity index (χ2v) is 7.28. The van der Waals surface area contributed by atoms with Crippen molar-refractivity contribution in [3.63, 3.8) is 0 Å². The van der Waals surface area contributed by atoms with Gasteiger partial charge in [-0.05, 0) is 13.3 Å². The fourth-order valence-electron chi connectivity index (χ4n) is 2.59. The second-order valence-electron chi connectivity index (χ2n) is 7.28. The van der Waals surface area contributed by atoms with Crippen LogP contribution in [0.15, 0.2) is 0 Å². The third kappa shape index (κ3) is 11.1. The number of nitrogens with two attached hydrogens (primary N) is 1. The molecule has 0 aromatic rings. The van der Waals surface area contributed by atoms with Crippen LogP contribution in [0, 0.1) is 0 Å². The zero-order chi connectivity index (χ0) is 26.4. The molecule has 15 heteroatoms. The van der Waals surface area contributed by atoms with Crippen molar-refractivity contribution in [1.82, 2.24) is 16.0 Å². The predicted octanol–water partition coefficient (Wildman–Crippen LogP) is -4.48. The molecular weight excluding hydrogens is 460 g/mol. The number of aliphatic hydroxyl groups is 3. The normalized spacial score (nSPS) is 16.1. The van der Waals surface area contributed by atoms with Crippen molar-refractivity contribution in [2.24, 2.45) is 5.73 Å². The maximum atomic E-state index is 12.2. The molecule has 0 rings (SSSR count). The molecule has 0 saturated carbocycles. The molecule has 34 heavy (non-hydrogen) atoms. The van der Waals surface area contributed by atoms with Gasteiger partial charge in [-0.15, -0.1) is 0 Å². The molecule has 15 nitrogen and oxygen atoms in total. The number of carbonyl (C=O) groups excluding carboxylic acids is 5. The number of amides is 4. The maximum Gasteiger partial charge on any atom is 0.303 e. The first-order valence-corrected chi connectivity index (χ1v) is 10.3. The van der Waals surface area contributed by atoms with Crippen LogP contribution in [0.25, 0.3) is 0 Å². The van der Waals surface area contributed by atoms with E-state index in [1.807, 2.05) is 0 Å². The quantitative estimate of drug-likeness (QED) is 0.0898.